The predicted molar refractivity (Wildman–Crippen MR) is 100 cm³/mol. The molecular formula is C18H28Cl2N2. The number of nitrogens with one attached hydrogen (secondary N) is 2. The first-order valence-corrected chi connectivity index (χ1v) is 8.06. The van der Waals surface area contributed by atoms with E-state index < -0.39 is 0 Å². The monoisotopic (exact) mass is 342 g/mol. The van der Waals surface area contributed by atoms with E-state index in [-0.39, 0.29) is 24.8 Å². The molecular weight excluding hydrogens is 315 g/mol. The van der Waals surface area contributed by atoms with Crippen LogP contribution in [0.25, 0.3) is 6.08 Å². The fourth-order valence-corrected chi connectivity index (χ4v) is 3.09. The van der Waals surface area contributed by atoms with Crippen LogP contribution in [-0.4, -0.2) is 25.7 Å². The van der Waals surface area contributed by atoms with Gasteiger partial charge in [0, 0.05) is 6.04 Å². The Morgan fingerprint density at radius 2 is 1.95 bits per heavy atom. The smallest absolute Gasteiger partial charge is 0.0139 e. The molecule has 1 aromatic rings. The summed E-state index contributed by atoms with van der Waals surface area (Å²) in [7, 11) is 0. The van der Waals surface area contributed by atoms with Crippen molar-refractivity contribution in [3.8, 4) is 0 Å². The van der Waals surface area contributed by atoms with Gasteiger partial charge in [0.1, 0.15) is 0 Å². The van der Waals surface area contributed by atoms with Crippen molar-refractivity contribution in [2.45, 2.75) is 32.2 Å². The van der Waals surface area contributed by atoms with E-state index in [0.29, 0.717) is 0 Å². The summed E-state index contributed by atoms with van der Waals surface area (Å²) in [6.45, 7) is 5.92. The lowest BCUT2D eigenvalue weighted by molar-refractivity contribution is 0.321. The number of halogens is 2. The molecule has 0 bridgehead atoms. The Labute approximate surface area is 147 Å². The minimum absolute atomic E-state index is 0. The van der Waals surface area contributed by atoms with Gasteiger partial charge in [0.25, 0.3) is 0 Å². The summed E-state index contributed by atoms with van der Waals surface area (Å²) < 4.78 is 0. The molecule has 1 heterocycles. The maximum absolute atomic E-state index is 3.74. The van der Waals surface area contributed by atoms with Crippen LogP contribution in [0.4, 0.5) is 0 Å². The van der Waals surface area contributed by atoms with Crippen LogP contribution >= 0.6 is 24.8 Å². The quantitative estimate of drug-likeness (QED) is 0.784. The highest BCUT2D eigenvalue weighted by Gasteiger charge is 2.38. The summed E-state index contributed by atoms with van der Waals surface area (Å²) in [4.78, 5) is 0. The summed E-state index contributed by atoms with van der Waals surface area (Å²) >= 11 is 0. The van der Waals surface area contributed by atoms with E-state index in [1.165, 1.54) is 44.5 Å². The molecule has 1 saturated carbocycles. The Morgan fingerprint density at radius 3 is 2.55 bits per heavy atom. The highest BCUT2D eigenvalue weighted by atomic mass is 35.5. The molecule has 2 N–H and O–H groups in total. The van der Waals surface area contributed by atoms with Crippen molar-refractivity contribution in [1.82, 2.24) is 10.6 Å². The molecule has 1 aliphatic heterocycles. The van der Waals surface area contributed by atoms with Crippen LogP contribution in [0.15, 0.2) is 35.9 Å². The van der Waals surface area contributed by atoms with Crippen molar-refractivity contribution >= 4 is 30.9 Å². The summed E-state index contributed by atoms with van der Waals surface area (Å²) in [6.07, 6.45) is 6.22. The third-order valence-electron chi connectivity index (χ3n) is 4.65. The summed E-state index contributed by atoms with van der Waals surface area (Å²) in [5.74, 6) is 1.70. The maximum atomic E-state index is 3.74. The average Bonchev–Trinajstić information content (AvgIpc) is 3.19. The van der Waals surface area contributed by atoms with Crippen molar-refractivity contribution < 1.29 is 0 Å². The first-order chi connectivity index (χ1) is 9.86. The Kier molecular flexibility index (Phi) is 8.48. The highest BCUT2D eigenvalue weighted by molar-refractivity contribution is 5.85. The van der Waals surface area contributed by atoms with Gasteiger partial charge in [-0.3, -0.25) is 0 Å². The van der Waals surface area contributed by atoms with Gasteiger partial charge in [-0.1, -0.05) is 48.9 Å². The first-order valence-electron chi connectivity index (χ1n) is 8.06. The standard InChI is InChI=1S/C18H26N2.2ClH/c1-2-16(10-14-6-4-3-5-7-14)17-11-18(17)20-9-8-15-12-19-13-15;;/h3-7,10,15,17-20H,2,8-9,11-13H2,1H3;2*1H. The SMILES string of the molecule is CCC(=Cc1ccccc1)C1CC1NCCC1CNC1.Cl.Cl. The van der Waals surface area contributed by atoms with Crippen molar-refractivity contribution in [3.05, 3.63) is 41.5 Å². The zero-order valence-electron chi connectivity index (χ0n) is 13.3. The van der Waals surface area contributed by atoms with E-state index >= 15 is 0 Å². The van der Waals surface area contributed by atoms with Crippen LogP contribution in [0, 0.1) is 11.8 Å². The molecule has 0 aromatic heterocycles. The topological polar surface area (TPSA) is 24.1 Å². The van der Waals surface area contributed by atoms with Crippen LogP contribution in [-0.2, 0) is 0 Å². The minimum Gasteiger partial charge on any atom is -0.316 e. The lowest BCUT2D eigenvalue weighted by Crippen LogP contribution is -2.43. The Hall–Kier alpha value is -0.540. The Balaban J connectivity index is 0.00000121. The molecule has 22 heavy (non-hydrogen) atoms. The van der Waals surface area contributed by atoms with Crippen molar-refractivity contribution in [1.29, 1.82) is 0 Å². The molecule has 2 nitrogen and oxygen atoms in total. The van der Waals surface area contributed by atoms with Crippen LogP contribution < -0.4 is 10.6 Å². The highest BCUT2D eigenvalue weighted by Crippen LogP contribution is 2.39. The molecule has 0 spiro atoms. The van der Waals surface area contributed by atoms with E-state index in [1.807, 2.05) is 0 Å². The Bertz CT molecular complexity index is 457. The molecule has 2 atom stereocenters. The molecule has 3 rings (SSSR count). The second-order valence-corrected chi connectivity index (χ2v) is 6.20. The lowest BCUT2D eigenvalue weighted by atomic mass is 9.99. The zero-order chi connectivity index (χ0) is 13.8. The normalized spacial score (nSPS) is 24.0. The molecule has 2 unspecified atom stereocenters. The minimum atomic E-state index is 0. The number of hydrogen-bond donors (Lipinski definition) is 2. The molecule has 0 amide bonds. The average molecular weight is 343 g/mol. The molecule has 2 aliphatic rings. The van der Waals surface area contributed by atoms with Gasteiger partial charge in [0.15, 0.2) is 0 Å². The van der Waals surface area contributed by atoms with E-state index in [4.69, 9.17) is 0 Å². The van der Waals surface area contributed by atoms with Gasteiger partial charge in [0.2, 0.25) is 0 Å². The van der Waals surface area contributed by atoms with Gasteiger partial charge in [-0.2, -0.15) is 0 Å². The third kappa shape index (κ3) is 5.27. The van der Waals surface area contributed by atoms with Crippen LogP contribution in [0.3, 0.4) is 0 Å². The number of rotatable bonds is 7. The van der Waals surface area contributed by atoms with Crippen LogP contribution in [0.2, 0.25) is 0 Å². The fraction of sp³-hybridized carbons (Fsp3) is 0.556. The second kappa shape index (κ2) is 9.57. The van der Waals surface area contributed by atoms with Gasteiger partial charge in [-0.05, 0) is 56.3 Å². The van der Waals surface area contributed by atoms with Crippen molar-refractivity contribution in [3.63, 3.8) is 0 Å². The molecule has 2 fully saturated rings. The van der Waals surface area contributed by atoms with Crippen molar-refractivity contribution in [2.24, 2.45) is 11.8 Å². The van der Waals surface area contributed by atoms with E-state index in [2.05, 4.69) is 54.0 Å². The molecule has 1 saturated heterocycles. The van der Waals surface area contributed by atoms with Gasteiger partial charge in [-0.15, -0.1) is 24.8 Å². The second-order valence-electron chi connectivity index (χ2n) is 6.20. The van der Waals surface area contributed by atoms with Gasteiger partial charge in [0.05, 0.1) is 0 Å². The summed E-state index contributed by atoms with van der Waals surface area (Å²) in [6, 6.07) is 11.5. The van der Waals surface area contributed by atoms with Crippen LogP contribution in [0.5, 0.6) is 0 Å². The lowest BCUT2D eigenvalue weighted by Gasteiger charge is -2.27. The Morgan fingerprint density at radius 1 is 1.23 bits per heavy atom. The molecule has 1 aromatic carbocycles. The molecule has 0 radical (unpaired) electrons. The zero-order valence-corrected chi connectivity index (χ0v) is 14.9. The molecule has 4 heteroatoms. The van der Waals surface area contributed by atoms with Crippen molar-refractivity contribution in [2.75, 3.05) is 19.6 Å². The van der Waals surface area contributed by atoms with Gasteiger partial charge >= 0.3 is 0 Å². The summed E-state index contributed by atoms with van der Waals surface area (Å²) in [5, 5.41) is 7.08. The molecule has 1 aliphatic carbocycles. The largest absolute Gasteiger partial charge is 0.316 e. The number of benzene rings is 1. The predicted octanol–water partition coefficient (Wildman–Crippen LogP) is 3.91. The first kappa shape index (κ1) is 19.5. The number of hydrogen-bond acceptors (Lipinski definition) is 2. The van der Waals surface area contributed by atoms with Crippen LogP contribution in [0.1, 0.15) is 31.7 Å². The van der Waals surface area contributed by atoms with E-state index in [9.17, 15) is 0 Å². The molecule has 124 valence electrons. The van der Waals surface area contributed by atoms with E-state index in [1.54, 1.807) is 5.57 Å². The van der Waals surface area contributed by atoms with E-state index in [0.717, 1.165) is 17.9 Å². The fourth-order valence-electron chi connectivity index (χ4n) is 3.09. The van der Waals surface area contributed by atoms with Gasteiger partial charge in [-0.25, -0.2) is 0 Å². The third-order valence-corrected chi connectivity index (χ3v) is 4.65. The van der Waals surface area contributed by atoms with Gasteiger partial charge < -0.3 is 10.6 Å². The summed E-state index contributed by atoms with van der Waals surface area (Å²) in [5.41, 5.74) is 2.95. The maximum Gasteiger partial charge on any atom is 0.0139 e.